The molecule has 8 nitrogen and oxygen atoms in total. The molecule has 0 aliphatic carbocycles. The second-order valence-corrected chi connectivity index (χ2v) is 5.51. The standard InChI is InChI=1S/C16H17FN6O2/c1-9-7-11(17)5-6-13(9)23-16(18-10(2)20-23)19-14(24)12-8-22(3)21-15(12)25-4/h5-8H,1-4H3,(H,18,19,20,24). The third-order valence-corrected chi connectivity index (χ3v) is 3.56. The summed E-state index contributed by atoms with van der Waals surface area (Å²) in [7, 11) is 3.13. The second kappa shape index (κ2) is 6.34. The van der Waals surface area contributed by atoms with Gasteiger partial charge in [0, 0.05) is 13.2 Å². The number of rotatable bonds is 4. The molecule has 0 saturated heterocycles. The van der Waals surface area contributed by atoms with E-state index in [9.17, 15) is 9.18 Å². The zero-order valence-electron chi connectivity index (χ0n) is 14.2. The lowest BCUT2D eigenvalue weighted by Crippen LogP contribution is -2.16. The highest BCUT2D eigenvalue weighted by molar-refractivity contribution is 6.05. The monoisotopic (exact) mass is 344 g/mol. The van der Waals surface area contributed by atoms with Crippen LogP contribution in [0.25, 0.3) is 5.69 Å². The van der Waals surface area contributed by atoms with Crippen LogP contribution >= 0.6 is 0 Å². The van der Waals surface area contributed by atoms with Crippen LogP contribution in [0.2, 0.25) is 0 Å². The molecule has 0 radical (unpaired) electrons. The van der Waals surface area contributed by atoms with Gasteiger partial charge in [-0.25, -0.2) is 4.39 Å². The molecule has 0 unspecified atom stereocenters. The molecule has 130 valence electrons. The van der Waals surface area contributed by atoms with Crippen LogP contribution in [0.3, 0.4) is 0 Å². The summed E-state index contributed by atoms with van der Waals surface area (Å²) in [4.78, 5) is 16.8. The van der Waals surface area contributed by atoms with Crippen molar-refractivity contribution < 1.29 is 13.9 Å². The number of benzene rings is 1. The largest absolute Gasteiger partial charge is 0.479 e. The summed E-state index contributed by atoms with van der Waals surface area (Å²) in [6, 6.07) is 4.30. The molecule has 0 bridgehead atoms. The number of carbonyl (C=O) groups excluding carboxylic acids is 1. The van der Waals surface area contributed by atoms with Crippen molar-refractivity contribution >= 4 is 11.9 Å². The van der Waals surface area contributed by atoms with Crippen molar-refractivity contribution in [2.45, 2.75) is 13.8 Å². The third-order valence-electron chi connectivity index (χ3n) is 3.56. The first-order valence-electron chi connectivity index (χ1n) is 7.48. The number of hydrogen-bond donors (Lipinski definition) is 1. The normalized spacial score (nSPS) is 10.8. The van der Waals surface area contributed by atoms with E-state index in [0.29, 0.717) is 17.1 Å². The van der Waals surface area contributed by atoms with E-state index in [0.717, 1.165) is 0 Å². The molecule has 0 atom stereocenters. The Morgan fingerprint density at radius 3 is 2.72 bits per heavy atom. The lowest BCUT2D eigenvalue weighted by Gasteiger charge is -2.09. The quantitative estimate of drug-likeness (QED) is 0.782. The zero-order chi connectivity index (χ0) is 18.1. The van der Waals surface area contributed by atoms with Crippen molar-refractivity contribution in [2.24, 2.45) is 7.05 Å². The summed E-state index contributed by atoms with van der Waals surface area (Å²) in [6.45, 7) is 3.46. The Hall–Kier alpha value is -3.23. The predicted molar refractivity (Wildman–Crippen MR) is 88.5 cm³/mol. The number of nitrogens with one attached hydrogen (secondary N) is 1. The molecular formula is C16H17FN6O2. The van der Waals surface area contributed by atoms with E-state index in [2.05, 4.69) is 20.5 Å². The van der Waals surface area contributed by atoms with E-state index >= 15 is 0 Å². The Morgan fingerprint density at radius 2 is 2.04 bits per heavy atom. The summed E-state index contributed by atoms with van der Waals surface area (Å²) in [5.41, 5.74) is 1.56. The van der Waals surface area contributed by atoms with E-state index in [1.54, 1.807) is 33.2 Å². The summed E-state index contributed by atoms with van der Waals surface area (Å²) < 4.78 is 21.4. The minimum absolute atomic E-state index is 0.209. The molecule has 0 spiro atoms. The number of aromatic nitrogens is 5. The van der Waals surface area contributed by atoms with Crippen LogP contribution in [0.1, 0.15) is 21.7 Å². The smallest absolute Gasteiger partial charge is 0.265 e. The predicted octanol–water partition coefficient (Wildman–Crippen LogP) is 2.02. The van der Waals surface area contributed by atoms with Crippen molar-refractivity contribution in [1.29, 1.82) is 0 Å². The van der Waals surface area contributed by atoms with E-state index in [1.165, 1.54) is 28.6 Å². The molecule has 9 heteroatoms. The number of hydrogen-bond acceptors (Lipinski definition) is 5. The highest BCUT2D eigenvalue weighted by atomic mass is 19.1. The molecule has 0 saturated carbocycles. The Bertz CT molecular complexity index is 946. The van der Waals surface area contributed by atoms with E-state index in [-0.39, 0.29) is 23.2 Å². The van der Waals surface area contributed by atoms with Gasteiger partial charge in [-0.2, -0.15) is 9.67 Å². The molecule has 0 fully saturated rings. The van der Waals surface area contributed by atoms with Gasteiger partial charge >= 0.3 is 0 Å². The highest BCUT2D eigenvalue weighted by Crippen LogP contribution is 2.21. The number of aryl methyl sites for hydroxylation is 3. The maximum absolute atomic E-state index is 13.3. The number of nitrogens with zero attached hydrogens (tertiary/aromatic N) is 5. The fourth-order valence-corrected chi connectivity index (χ4v) is 2.46. The Kier molecular flexibility index (Phi) is 4.22. The van der Waals surface area contributed by atoms with E-state index in [1.807, 2.05) is 0 Å². The number of carbonyl (C=O) groups is 1. The van der Waals surface area contributed by atoms with Gasteiger partial charge < -0.3 is 4.74 Å². The fourth-order valence-electron chi connectivity index (χ4n) is 2.46. The summed E-state index contributed by atoms with van der Waals surface area (Å²) in [6.07, 6.45) is 1.55. The van der Waals surface area contributed by atoms with Gasteiger partial charge in [-0.15, -0.1) is 10.2 Å². The van der Waals surface area contributed by atoms with E-state index < -0.39 is 5.91 Å². The van der Waals surface area contributed by atoms with Crippen LogP contribution in [0.15, 0.2) is 24.4 Å². The van der Waals surface area contributed by atoms with Crippen molar-refractivity contribution in [1.82, 2.24) is 24.5 Å². The van der Waals surface area contributed by atoms with Gasteiger partial charge in [0.2, 0.25) is 11.8 Å². The molecule has 0 aliphatic heterocycles. The maximum atomic E-state index is 13.3. The van der Waals surface area contributed by atoms with Crippen LogP contribution in [-0.4, -0.2) is 37.6 Å². The van der Waals surface area contributed by atoms with Crippen molar-refractivity contribution in [3.8, 4) is 11.6 Å². The lowest BCUT2D eigenvalue weighted by molar-refractivity contribution is 0.102. The number of anilines is 1. The van der Waals surface area contributed by atoms with Gasteiger partial charge in [0.05, 0.1) is 12.8 Å². The SMILES string of the molecule is COc1nn(C)cc1C(=O)Nc1nc(C)nn1-c1ccc(F)cc1C. The molecule has 1 amide bonds. The first-order valence-corrected chi connectivity index (χ1v) is 7.48. The van der Waals surface area contributed by atoms with Gasteiger partial charge in [0.15, 0.2) is 0 Å². The van der Waals surface area contributed by atoms with Crippen molar-refractivity contribution in [3.63, 3.8) is 0 Å². The topological polar surface area (TPSA) is 86.9 Å². The summed E-state index contributed by atoms with van der Waals surface area (Å²) >= 11 is 0. The van der Waals surface area contributed by atoms with Gasteiger partial charge in [0.1, 0.15) is 17.2 Å². The Balaban J connectivity index is 1.97. The molecular weight excluding hydrogens is 327 g/mol. The molecule has 25 heavy (non-hydrogen) atoms. The zero-order valence-corrected chi connectivity index (χ0v) is 14.2. The summed E-state index contributed by atoms with van der Waals surface area (Å²) in [5, 5.41) is 11.0. The third kappa shape index (κ3) is 3.21. The lowest BCUT2D eigenvalue weighted by atomic mass is 10.2. The van der Waals surface area contributed by atoms with Gasteiger partial charge in [-0.05, 0) is 37.6 Å². The highest BCUT2D eigenvalue weighted by Gasteiger charge is 2.20. The fraction of sp³-hybridized carbons (Fsp3) is 0.250. The average Bonchev–Trinajstić information content (AvgIpc) is 3.10. The van der Waals surface area contributed by atoms with Crippen molar-refractivity contribution in [3.05, 3.63) is 47.2 Å². The Labute approximate surface area is 143 Å². The van der Waals surface area contributed by atoms with Crippen LogP contribution in [-0.2, 0) is 7.05 Å². The first kappa shape index (κ1) is 16.6. The number of ether oxygens (including phenoxy) is 1. The minimum Gasteiger partial charge on any atom is -0.479 e. The minimum atomic E-state index is -0.432. The molecule has 1 N–H and O–H groups in total. The van der Waals surface area contributed by atoms with Gasteiger partial charge in [0.25, 0.3) is 5.91 Å². The summed E-state index contributed by atoms with van der Waals surface area (Å²) in [5.74, 6) is 0.128. The van der Waals surface area contributed by atoms with Crippen LogP contribution in [0.5, 0.6) is 5.88 Å². The molecule has 3 aromatic rings. The molecule has 0 aliphatic rings. The number of methoxy groups -OCH3 is 1. The molecule has 2 aromatic heterocycles. The molecule has 1 aromatic carbocycles. The van der Waals surface area contributed by atoms with Crippen LogP contribution in [0.4, 0.5) is 10.3 Å². The van der Waals surface area contributed by atoms with Crippen molar-refractivity contribution in [2.75, 3.05) is 12.4 Å². The van der Waals surface area contributed by atoms with Crippen LogP contribution < -0.4 is 10.1 Å². The van der Waals surface area contributed by atoms with E-state index in [4.69, 9.17) is 4.74 Å². The molecule has 3 rings (SSSR count). The average molecular weight is 344 g/mol. The van der Waals surface area contributed by atoms with Gasteiger partial charge in [-0.1, -0.05) is 0 Å². The first-order chi connectivity index (χ1) is 11.9. The van der Waals surface area contributed by atoms with Crippen LogP contribution in [0, 0.1) is 19.7 Å². The number of amides is 1. The van der Waals surface area contributed by atoms with Gasteiger partial charge in [-0.3, -0.25) is 14.8 Å². The second-order valence-electron chi connectivity index (χ2n) is 5.51. The maximum Gasteiger partial charge on any atom is 0.265 e. The molecule has 2 heterocycles. The number of halogens is 1. The Morgan fingerprint density at radius 1 is 1.28 bits per heavy atom.